The minimum absolute atomic E-state index is 0.0225. The molecule has 14 heavy (non-hydrogen) atoms. The lowest BCUT2D eigenvalue weighted by Crippen LogP contribution is -2.15. The van der Waals surface area contributed by atoms with Crippen molar-refractivity contribution in [2.45, 2.75) is 26.8 Å². The summed E-state index contributed by atoms with van der Waals surface area (Å²) >= 11 is 0. The van der Waals surface area contributed by atoms with Crippen molar-refractivity contribution in [3.63, 3.8) is 0 Å². The molecule has 2 aromatic rings. The number of H-pyrrole nitrogens is 1. The molecule has 2 heterocycles. The molecule has 0 saturated carbocycles. The smallest absolute Gasteiger partial charge is 0.276 e. The molecule has 74 valence electrons. The van der Waals surface area contributed by atoms with Crippen molar-refractivity contribution < 1.29 is 0 Å². The molecule has 1 N–H and O–H groups in total. The molecule has 0 aliphatic carbocycles. The topological polar surface area (TPSA) is 50.7 Å². The molecule has 0 fully saturated rings. The Balaban J connectivity index is 2.67. The molecule has 0 radical (unpaired) electrons. The molecule has 0 amide bonds. The molecule has 4 heteroatoms. The number of pyridine rings is 1. The van der Waals surface area contributed by atoms with Gasteiger partial charge in [-0.05, 0) is 25.5 Å². The maximum absolute atomic E-state index is 11.7. The maximum atomic E-state index is 11.7. The average molecular weight is 191 g/mol. The van der Waals surface area contributed by atoms with Crippen molar-refractivity contribution in [3.8, 4) is 0 Å². The predicted octanol–water partition coefficient (Wildman–Crippen LogP) is 1.44. The third kappa shape index (κ3) is 1.32. The second-order valence-corrected chi connectivity index (χ2v) is 3.42. The van der Waals surface area contributed by atoms with Gasteiger partial charge in [0.1, 0.15) is 0 Å². The van der Waals surface area contributed by atoms with Crippen LogP contribution in [0.1, 0.15) is 19.0 Å². The van der Waals surface area contributed by atoms with Crippen LogP contribution >= 0.6 is 0 Å². The summed E-state index contributed by atoms with van der Waals surface area (Å²) in [5, 5.41) is 3.67. The average Bonchev–Trinajstić information content (AvgIpc) is 2.44. The van der Waals surface area contributed by atoms with Gasteiger partial charge in [0.05, 0.1) is 5.39 Å². The molecule has 0 saturated heterocycles. The SMILES string of the molecule is CCCn1[nH]c2nc(C)ccc2c1=O. The van der Waals surface area contributed by atoms with Gasteiger partial charge in [-0.2, -0.15) is 0 Å². The van der Waals surface area contributed by atoms with E-state index in [1.807, 2.05) is 26.0 Å². The van der Waals surface area contributed by atoms with Gasteiger partial charge in [-0.15, -0.1) is 0 Å². The van der Waals surface area contributed by atoms with Gasteiger partial charge < -0.3 is 0 Å². The van der Waals surface area contributed by atoms with Crippen molar-refractivity contribution in [2.75, 3.05) is 0 Å². The molecular weight excluding hydrogens is 178 g/mol. The zero-order valence-corrected chi connectivity index (χ0v) is 8.37. The summed E-state index contributed by atoms with van der Waals surface area (Å²) in [6.45, 7) is 4.67. The third-order valence-corrected chi connectivity index (χ3v) is 2.20. The Morgan fingerprint density at radius 3 is 3.00 bits per heavy atom. The van der Waals surface area contributed by atoms with E-state index in [4.69, 9.17) is 0 Å². The molecule has 0 aromatic carbocycles. The van der Waals surface area contributed by atoms with Gasteiger partial charge in [0, 0.05) is 12.2 Å². The van der Waals surface area contributed by atoms with E-state index >= 15 is 0 Å². The summed E-state index contributed by atoms with van der Waals surface area (Å²) in [5.41, 5.74) is 1.63. The molecule has 0 spiro atoms. The van der Waals surface area contributed by atoms with Crippen LogP contribution in [0.25, 0.3) is 11.0 Å². The summed E-state index contributed by atoms with van der Waals surface area (Å²) < 4.78 is 1.61. The molecular formula is C10H13N3O. The fraction of sp³-hybridized carbons (Fsp3) is 0.400. The van der Waals surface area contributed by atoms with E-state index in [0.29, 0.717) is 17.6 Å². The van der Waals surface area contributed by atoms with Crippen LogP contribution in [0.2, 0.25) is 0 Å². The largest absolute Gasteiger partial charge is 0.278 e. The van der Waals surface area contributed by atoms with Gasteiger partial charge in [-0.3, -0.25) is 14.6 Å². The highest BCUT2D eigenvalue weighted by atomic mass is 16.1. The van der Waals surface area contributed by atoms with Crippen LogP contribution in [-0.2, 0) is 6.54 Å². The Labute approximate surface area is 81.6 Å². The fourth-order valence-electron chi connectivity index (χ4n) is 1.52. The standard InChI is InChI=1S/C10H13N3O/c1-3-6-13-10(14)8-5-4-7(2)11-9(8)12-13/h4-5H,3,6H2,1-2H3,(H,11,12). The lowest BCUT2D eigenvalue weighted by Gasteiger charge is -1.94. The predicted molar refractivity (Wildman–Crippen MR) is 55.4 cm³/mol. The van der Waals surface area contributed by atoms with E-state index in [1.54, 1.807) is 4.68 Å². The Bertz CT molecular complexity index is 510. The summed E-state index contributed by atoms with van der Waals surface area (Å²) in [4.78, 5) is 16.0. The molecule has 0 atom stereocenters. The maximum Gasteiger partial charge on any atom is 0.276 e. The Morgan fingerprint density at radius 2 is 2.29 bits per heavy atom. The molecule has 4 nitrogen and oxygen atoms in total. The van der Waals surface area contributed by atoms with E-state index in [2.05, 4.69) is 10.1 Å². The van der Waals surface area contributed by atoms with Gasteiger partial charge in [0.2, 0.25) is 0 Å². The molecule has 0 unspecified atom stereocenters. The van der Waals surface area contributed by atoms with Crippen LogP contribution in [0.15, 0.2) is 16.9 Å². The first-order valence-electron chi connectivity index (χ1n) is 4.78. The second kappa shape index (κ2) is 3.29. The van der Waals surface area contributed by atoms with E-state index in [9.17, 15) is 4.79 Å². The number of fused-ring (bicyclic) bond motifs is 1. The fourth-order valence-corrected chi connectivity index (χ4v) is 1.52. The number of aryl methyl sites for hydroxylation is 2. The Hall–Kier alpha value is -1.58. The van der Waals surface area contributed by atoms with Gasteiger partial charge in [-0.1, -0.05) is 6.92 Å². The molecule has 2 rings (SSSR count). The Morgan fingerprint density at radius 1 is 1.50 bits per heavy atom. The monoisotopic (exact) mass is 191 g/mol. The number of aromatic amines is 1. The molecule has 0 bridgehead atoms. The number of aromatic nitrogens is 3. The van der Waals surface area contributed by atoms with Crippen molar-refractivity contribution in [2.24, 2.45) is 0 Å². The van der Waals surface area contributed by atoms with E-state index in [1.165, 1.54) is 0 Å². The van der Waals surface area contributed by atoms with Crippen molar-refractivity contribution in [3.05, 3.63) is 28.2 Å². The summed E-state index contributed by atoms with van der Waals surface area (Å²) in [5.74, 6) is 0. The zero-order valence-electron chi connectivity index (χ0n) is 8.37. The number of nitrogens with zero attached hydrogens (tertiary/aromatic N) is 2. The number of hydrogen-bond donors (Lipinski definition) is 1. The minimum Gasteiger partial charge on any atom is -0.278 e. The Kier molecular flexibility index (Phi) is 2.11. The van der Waals surface area contributed by atoms with Gasteiger partial charge in [0.25, 0.3) is 5.56 Å². The van der Waals surface area contributed by atoms with Crippen LogP contribution in [-0.4, -0.2) is 14.8 Å². The van der Waals surface area contributed by atoms with Crippen LogP contribution < -0.4 is 5.56 Å². The van der Waals surface area contributed by atoms with Crippen LogP contribution in [0.3, 0.4) is 0 Å². The van der Waals surface area contributed by atoms with Crippen LogP contribution in [0, 0.1) is 6.92 Å². The molecule has 0 aliphatic rings. The highest BCUT2D eigenvalue weighted by Crippen LogP contribution is 2.05. The van der Waals surface area contributed by atoms with Crippen molar-refractivity contribution in [1.29, 1.82) is 0 Å². The van der Waals surface area contributed by atoms with Gasteiger partial charge >= 0.3 is 0 Å². The van der Waals surface area contributed by atoms with Crippen molar-refractivity contribution >= 4 is 11.0 Å². The first-order valence-corrected chi connectivity index (χ1v) is 4.78. The summed E-state index contributed by atoms with van der Waals surface area (Å²) in [7, 11) is 0. The lowest BCUT2D eigenvalue weighted by molar-refractivity contribution is 0.590. The lowest BCUT2D eigenvalue weighted by atomic mass is 10.3. The molecule has 2 aromatic heterocycles. The van der Waals surface area contributed by atoms with Crippen LogP contribution in [0.5, 0.6) is 0 Å². The number of hydrogen-bond acceptors (Lipinski definition) is 2. The first kappa shape index (κ1) is 8.99. The van der Waals surface area contributed by atoms with E-state index < -0.39 is 0 Å². The number of nitrogens with one attached hydrogen (secondary N) is 1. The van der Waals surface area contributed by atoms with E-state index in [-0.39, 0.29) is 5.56 Å². The van der Waals surface area contributed by atoms with Gasteiger partial charge in [-0.25, -0.2) is 4.98 Å². The summed E-state index contributed by atoms with van der Waals surface area (Å²) in [6, 6.07) is 3.68. The minimum atomic E-state index is 0.0225. The molecule has 0 aliphatic heterocycles. The third-order valence-electron chi connectivity index (χ3n) is 2.20. The van der Waals surface area contributed by atoms with Crippen LogP contribution in [0.4, 0.5) is 0 Å². The highest BCUT2D eigenvalue weighted by molar-refractivity contribution is 5.73. The normalized spacial score (nSPS) is 11.0. The van der Waals surface area contributed by atoms with E-state index in [0.717, 1.165) is 12.1 Å². The second-order valence-electron chi connectivity index (χ2n) is 3.42. The first-order chi connectivity index (χ1) is 6.72. The number of rotatable bonds is 2. The summed E-state index contributed by atoms with van der Waals surface area (Å²) in [6.07, 6.45) is 0.936. The zero-order chi connectivity index (χ0) is 10.1. The quantitative estimate of drug-likeness (QED) is 0.781. The highest BCUT2D eigenvalue weighted by Gasteiger charge is 2.05. The van der Waals surface area contributed by atoms with Gasteiger partial charge in [0.15, 0.2) is 5.65 Å². The van der Waals surface area contributed by atoms with Crippen molar-refractivity contribution in [1.82, 2.24) is 14.8 Å².